The number of amides is 2. The number of carbonyl (C=O) groups excluding carboxylic acids is 2. The van der Waals surface area contributed by atoms with E-state index in [1.807, 2.05) is 53.9 Å². The number of ether oxygens (including phenoxy) is 2. The van der Waals surface area contributed by atoms with E-state index in [-0.39, 0.29) is 24.3 Å². The molecule has 4 unspecified atom stereocenters. The summed E-state index contributed by atoms with van der Waals surface area (Å²) in [6.07, 6.45) is 4.79. The van der Waals surface area contributed by atoms with Gasteiger partial charge in [0.2, 0.25) is 0 Å². The van der Waals surface area contributed by atoms with E-state index in [0.717, 1.165) is 68.9 Å². The van der Waals surface area contributed by atoms with Crippen LogP contribution in [0, 0.1) is 11.8 Å². The molecule has 0 radical (unpaired) electrons. The molecule has 2 amide bonds. The first-order chi connectivity index (χ1) is 24.6. The van der Waals surface area contributed by atoms with Gasteiger partial charge >= 0.3 is 12.2 Å². The van der Waals surface area contributed by atoms with Gasteiger partial charge in [0.1, 0.15) is 22.9 Å². The van der Waals surface area contributed by atoms with Gasteiger partial charge in [0.25, 0.3) is 0 Å². The summed E-state index contributed by atoms with van der Waals surface area (Å²) in [5.74, 6) is 2.29. The molecule has 0 aliphatic carbocycles. The highest BCUT2D eigenvalue weighted by Crippen LogP contribution is 2.38. The third kappa shape index (κ3) is 7.56. The highest BCUT2D eigenvalue weighted by atomic mass is 16.6. The van der Waals surface area contributed by atoms with Gasteiger partial charge in [-0.25, -0.2) is 19.6 Å². The molecule has 3 aromatic carbocycles. The summed E-state index contributed by atoms with van der Waals surface area (Å²) in [7, 11) is 0. The summed E-state index contributed by atoms with van der Waals surface area (Å²) < 4.78 is 11.4. The van der Waals surface area contributed by atoms with Gasteiger partial charge < -0.3 is 19.4 Å². The topological polar surface area (TPSA) is 116 Å². The van der Waals surface area contributed by atoms with E-state index in [1.165, 1.54) is 0 Å². The maximum absolute atomic E-state index is 13.0. The number of hydrogen-bond acceptors (Lipinski definition) is 6. The minimum atomic E-state index is -0.551. The first kappa shape index (κ1) is 35.3. The molecule has 4 heterocycles. The molecule has 5 aromatic rings. The number of nitrogens with one attached hydrogen (secondary N) is 2. The third-order valence-corrected chi connectivity index (χ3v) is 9.78. The molecule has 0 spiro atoms. The zero-order valence-electron chi connectivity index (χ0n) is 31.5. The van der Waals surface area contributed by atoms with Crippen LogP contribution in [-0.2, 0) is 9.47 Å². The second-order valence-corrected chi connectivity index (χ2v) is 16.7. The summed E-state index contributed by atoms with van der Waals surface area (Å²) in [6, 6.07) is 21.1. The largest absolute Gasteiger partial charge is 0.444 e. The van der Waals surface area contributed by atoms with Gasteiger partial charge in [0, 0.05) is 18.7 Å². The summed E-state index contributed by atoms with van der Waals surface area (Å²) >= 11 is 0. The first-order valence-electron chi connectivity index (χ1n) is 18.3. The predicted molar refractivity (Wildman–Crippen MR) is 203 cm³/mol. The van der Waals surface area contributed by atoms with Crippen molar-refractivity contribution >= 4 is 23.0 Å². The van der Waals surface area contributed by atoms with E-state index >= 15 is 0 Å². The molecule has 0 saturated carbocycles. The lowest BCUT2D eigenvalue weighted by Gasteiger charge is -2.27. The quantitative estimate of drug-likeness (QED) is 0.188. The molecule has 2 aliphatic rings. The number of benzene rings is 3. The van der Waals surface area contributed by atoms with E-state index in [0.29, 0.717) is 24.9 Å². The number of aromatic nitrogens is 4. The number of hydrogen-bond donors (Lipinski definition) is 2. The normalized spacial score (nSPS) is 20.8. The zero-order valence-corrected chi connectivity index (χ0v) is 31.5. The van der Waals surface area contributed by atoms with Crippen LogP contribution in [0.1, 0.15) is 92.0 Å². The molecule has 2 fully saturated rings. The third-order valence-electron chi connectivity index (χ3n) is 9.78. The highest BCUT2D eigenvalue weighted by molar-refractivity contribution is 5.90. The molecule has 0 bridgehead atoms. The Balaban J connectivity index is 1.05. The van der Waals surface area contributed by atoms with Crippen LogP contribution >= 0.6 is 0 Å². The molecular formula is C42H50N6O4. The summed E-state index contributed by atoms with van der Waals surface area (Å²) in [5, 5.41) is 2.27. The molecule has 2 aliphatic heterocycles. The minimum Gasteiger partial charge on any atom is -0.444 e. The number of aromatic amines is 2. The van der Waals surface area contributed by atoms with Crippen molar-refractivity contribution in [3.05, 3.63) is 84.7 Å². The van der Waals surface area contributed by atoms with Gasteiger partial charge in [-0.2, -0.15) is 0 Å². The number of carbonyl (C=O) groups is 2. The molecule has 7 rings (SSSR count). The molecule has 10 nitrogen and oxygen atoms in total. The Morgan fingerprint density at radius 3 is 1.50 bits per heavy atom. The Morgan fingerprint density at radius 1 is 0.615 bits per heavy atom. The Labute approximate surface area is 305 Å². The second kappa shape index (κ2) is 13.5. The van der Waals surface area contributed by atoms with Gasteiger partial charge in [-0.3, -0.25) is 9.80 Å². The molecule has 2 aromatic heterocycles. The lowest BCUT2D eigenvalue weighted by Crippen LogP contribution is -2.37. The summed E-state index contributed by atoms with van der Waals surface area (Å²) in [5.41, 5.74) is 5.05. The summed E-state index contributed by atoms with van der Waals surface area (Å²) in [6.45, 7) is 17.0. The number of imidazole rings is 2. The van der Waals surface area contributed by atoms with Gasteiger partial charge in [-0.15, -0.1) is 0 Å². The molecule has 2 saturated heterocycles. The second-order valence-electron chi connectivity index (χ2n) is 16.7. The fourth-order valence-electron chi connectivity index (χ4n) is 7.40. The number of likely N-dealkylation sites (tertiary alicyclic amines) is 2. The molecule has 272 valence electrons. The van der Waals surface area contributed by atoms with Gasteiger partial charge in [-0.05, 0) is 106 Å². The Bertz CT molecular complexity index is 2090. The molecule has 10 heteroatoms. The molecule has 4 atom stereocenters. The SMILES string of the molecule is CC1CC(c2ncc(-c3ccc(-c4ccc5cc(-c6cnc(C7CC(C)CN7C(=O)OC(C)(C)C)[nH]6)ccc5c4)cc3)[nH]2)N(C(=O)OC(C)(C)C)C1. The van der Waals surface area contributed by atoms with E-state index in [2.05, 4.69) is 84.5 Å². The maximum atomic E-state index is 13.0. The van der Waals surface area contributed by atoms with Crippen molar-refractivity contribution in [3.8, 4) is 33.6 Å². The average molecular weight is 703 g/mol. The van der Waals surface area contributed by atoms with Gasteiger partial charge in [0.15, 0.2) is 0 Å². The lowest BCUT2D eigenvalue weighted by atomic mass is 9.98. The first-order valence-corrected chi connectivity index (χ1v) is 18.3. The standard InChI is InChI=1S/C42H50N6O4/c1-25-17-35(47(23-25)39(49)51-41(3,4)5)37-43-21-33(45-37)28-11-9-27(10-12-28)29-13-14-31-20-32(16-15-30(31)19-29)34-22-44-38(46-34)36-18-26(2)24-48(36)40(50)52-42(6,7)8/h9-16,19-22,25-26,35-36H,17-18,23-24H2,1-8H3,(H,43,45)(H,44,46). The lowest BCUT2D eigenvalue weighted by molar-refractivity contribution is 0.0204. The van der Waals surface area contributed by atoms with Crippen molar-refractivity contribution < 1.29 is 19.1 Å². The van der Waals surface area contributed by atoms with Crippen LogP contribution in [0.3, 0.4) is 0 Å². The summed E-state index contributed by atoms with van der Waals surface area (Å²) in [4.78, 5) is 46.0. The van der Waals surface area contributed by atoms with E-state index in [9.17, 15) is 9.59 Å². The van der Waals surface area contributed by atoms with Crippen molar-refractivity contribution in [2.24, 2.45) is 11.8 Å². The zero-order chi connectivity index (χ0) is 36.9. The number of rotatable bonds is 5. The highest BCUT2D eigenvalue weighted by Gasteiger charge is 2.39. The van der Waals surface area contributed by atoms with Crippen molar-refractivity contribution in [3.63, 3.8) is 0 Å². The van der Waals surface area contributed by atoms with Crippen LogP contribution in [0.25, 0.3) is 44.4 Å². The Hall–Kier alpha value is -5.12. The van der Waals surface area contributed by atoms with Crippen LogP contribution in [0.2, 0.25) is 0 Å². The monoisotopic (exact) mass is 702 g/mol. The minimum absolute atomic E-state index is 0.142. The van der Waals surface area contributed by atoms with Gasteiger partial charge in [-0.1, -0.05) is 62.4 Å². The number of H-pyrrole nitrogens is 2. The predicted octanol–water partition coefficient (Wildman–Crippen LogP) is 9.92. The van der Waals surface area contributed by atoms with Crippen LogP contribution in [0.5, 0.6) is 0 Å². The van der Waals surface area contributed by atoms with Crippen LogP contribution in [0.15, 0.2) is 73.1 Å². The average Bonchev–Trinajstić information content (AvgIpc) is 3.89. The fourth-order valence-corrected chi connectivity index (χ4v) is 7.40. The smallest absolute Gasteiger partial charge is 0.410 e. The number of nitrogens with zero attached hydrogens (tertiary/aromatic N) is 4. The van der Waals surface area contributed by atoms with E-state index in [1.54, 1.807) is 9.80 Å². The van der Waals surface area contributed by atoms with Crippen molar-refractivity contribution in [2.45, 2.75) is 91.5 Å². The maximum Gasteiger partial charge on any atom is 0.410 e. The van der Waals surface area contributed by atoms with Crippen LogP contribution in [-0.4, -0.2) is 66.2 Å². The van der Waals surface area contributed by atoms with Crippen molar-refractivity contribution in [1.29, 1.82) is 0 Å². The van der Waals surface area contributed by atoms with E-state index < -0.39 is 11.2 Å². The van der Waals surface area contributed by atoms with E-state index in [4.69, 9.17) is 19.4 Å². The van der Waals surface area contributed by atoms with Crippen molar-refractivity contribution in [1.82, 2.24) is 29.7 Å². The van der Waals surface area contributed by atoms with Crippen molar-refractivity contribution in [2.75, 3.05) is 13.1 Å². The molecule has 52 heavy (non-hydrogen) atoms. The van der Waals surface area contributed by atoms with Crippen LogP contribution in [0.4, 0.5) is 9.59 Å². The fraction of sp³-hybridized carbons (Fsp3) is 0.429. The Kier molecular flexibility index (Phi) is 9.13. The Morgan fingerprint density at radius 2 is 1.02 bits per heavy atom. The molecule has 2 N–H and O–H groups in total. The van der Waals surface area contributed by atoms with Crippen LogP contribution < -0.4 is 0 Å². The van der Waals surface area contributed by atoms with Gasteiger partial charge in [0.05, 0.1) is 35.9 Å². The molecular weight excluding hydrogens is 653 g/mol. The number of fused-ring (bicyclic) bond motifs is 1.